The first-order chi connectivity index (χ1) is 7.09. The quantitative estimate of drug-likeness (QED) is 0.774. The Labute approximate surface area is 94.5 Å². The van der Waals surface area contributed by atoms with Gasteiger partial charge in [-0.25, -0.2) is 0 Å². The maximum atomic E-state index is 10.8. The SMILES string of the molecule is Cc1ccc(C)c(CNCCS(C)=O)c1. The zero-order valence-corrected chi connectivity index (χ0v) is 10.5. The van der Waals surface area contributed by atoms with Gasteiger partial charge in [0.2, 0.25) is 0 Å². The van der Waals surface area contributed by atoms with E-state index < -0.39 is 10.8 Å². The van der Waals surface area contributed by atoms with Gasteiger partial charge in [0.1, 0.15) is 0 Å². The smallest absolute Gasteiger partial charge is 0.0357 e. The highest BCUT2D eigenvalue weighted by molar-refractivity contribution is 7.84. The summed E-state index contributed by atoms with van der Waals surface area (Å²) in [6, 6.07) is 6.47. The van der Waals surface area contributed by atoms with Gasteiger partial charge in [-0.15, -0.1) is 0 Å². The van der Waals surface area contributed by atoms with Crippen LogP contribution in [0.4, 0.5) is 0 Å². The van der Waals surface area contributed by atoms with Crippen LogP contribution < -0.4 is 5.32 Å². The first-order valence-electron chi connectivity index (χ1n) is 5.16. The summed E-state index contributed by atoms with van der Waals surface area (Å²) < 4.78 is 10.8. The molecule has 3 heteroatoms. The molecule has 0 aliphatic heterocycles. The standard InChI is InChI=1S/C12H19NOS/c1-10-4-5-11(2)12(8-10)9-13-6-7-15(3)14/h4-5,8,13H,6-7,9H2,1-3H3. The molecule has 0 aliphatic carbocycles. The van der Waals surface area contributed by atoms with E-state index in [1.54, 1.807) is 6.26 Å². The van der Waals surface area contributed by atoms with Crippen molar-refractivity contribution in [2.45, 2.75) is 20.4 Å². The molecular weight excluding hydrogens is 206 g/mol. The summed E-state index contributed by atoms with van der Waals surface area (Å²) in [5, 5.41) is 3.31. The molecule has 2 nitrogen and oxygen atoms in total. The molecule has 1 aromatic rings. The van der Waals surface area contributed by atoms with Crippen LogP contribution in [0.3, 0.4) is 0 Å². The van der Waals surface area contributed by atoms with Crippen molar-refractivity contribution in [1.82, 2.24) is 5.32 Å². The number of benzene rings is 1. The van der Waals surface area contributed by atoms with Crippen molar-refractivity contribution >= 4 is 10.8 Å². The topological polar surface area (TPSA) is 29.1 Å². The van der Waals surface area contributed by atoms with Crippen molar-refractivity contribution in [3.05, 3.63) is 34.9 Å². The number of nitrogens with one attached hydrogen (secondary N) is 1. The number of hydrogen-bond acceptors (Lipinski definition) is 2. The minimum absolute atomic E-state index is 0.696. The summed E-state index contributed by atoms with van der Waals surface area (Å²) in [6.45, 7) is 5.90. The second-order valence-electron chi connectivity index (χ2n) is 3.88. The minimum atomic E-state index is -0.696. The fraction of sp³-hybridized carbons (Fsp3) is 0.500. The third kappa shape index (κ3) is 4.58. The van der Waals surface area contributed by atoms with Crippen molar-refractivity contribution in [1.29, 1.82) is 0 Å². The zero-order chi connectivity index (χ0) is 11.3. The predicted octanol–water partition coefficient (Wildman–Crippen LogP) is 1.77. The predicted molar refractivity (Wildman–Crippen MR) is 66.6 cm³/mol. The Balaban J connectivity index is 2.43. The Morgan fingerprint density at radius 2 is 2.07 bits per heavy atom. The molecule has 0 spiro atoms. The molecule has 0 aliphatic rings. The van der Waals surface area contributed by atoms with Crippen molar-refractivity contribution in [2.24, 2.45) is 0 Å². The van der Waals surface area contributed by atoms with E-state index in [-0.39, 0.29) is 0 Å². The largest absolute Gasteiger partial charge is 0.312 e. The van der Waals surface area contributed by atoms with E-state index in [4.69, 9.17) is 0 Å². The van der Waals surface area contributed by atoms with E-state index >= 15 is 0 Å². The van der Waals surface area contributed by atoms with Crippen LogP contribution in [0.25, 0.3) is 0 Å². The van der Waals surface area contributed by atoms with E-state index in [1.807, 2.05) is 0 Å². The first kappa shape index (κ1) is 12.4. The second kappa shape index (κ2) is 6.03. The summed E-state index contributed by atoms with van der Waals surface area (Å²) in [7, 11) is -0.696. The van der Waals surface area contributed by atoms with Gasteiger partial charge in [0.05, 0.1) is 0 Å². The highest BCUT2D eigenvalue weighted by Crippen LogP contribution is 2.09. The lowest BCUT2D eigenvalue weighted by molar-refractivity contribution is 0.676. The van der Waals surface area contributed by atoms with Gasteiger partial charge in [0, 0.05) is 35.9 Å². The molecule has 0 aromatic heterocycles. The number of rotatable bonds is 5. The molecule has 0 bridgehead atoms. The van der Waals surface area contributed by atoms with Gasteiger partial charge in [0.15, 0.2) is 0 Å². The Hall–Kier alpha value is -0.670. The third-order valence-corrected chi connectivity index (χ3v) is 3.17. The maximum absolute atomic E-state index is 10.8. The summed E-state index contributed by atoms with van der Waals surface area (Å²) in [5.74, 6) is 0.727. The molecule has 0 amide bonds. The molecule has 0 saturated heterocycles. The monoisotopic (exact) mass is 225 g/mol. The maximum Gasteiger partial charge on any atom is 0.0357 e. The van der Waals surface area contributed by atoms with Gasteiger partial charge in [-0.2, -0.15) is 0 Å². The molecular formula is C12H19NOS. The van der Waals surface area contributed by atoms with Crippen LogP contribution in [0.1, 0.15) is 16.7 Å². The lowest BCUT2D eigenvalue weighted by atomic mass is 10.1. The third-order valence-electron chi connectivity index (χ3n) is 2.39. The van der Waals surface area contributed by atoms with Crippen LogP contribution in [0.2, 0.25) is 0 Å². The normalized spacial score (nSPS) is 12.7. The minimum Gasteiger partial charge on any atom is -0.312 e. The molecule has 0 heterocycles. The fourth-order valence-corrected chi connectivity index (χ4v) is 1.86. The van der Waals surface area contributed by atoms with Crippen LogP contribution in [-0.4, -0.2) is 22.8 Å². The van der Waals surface area contributed by atoms with Crippen LogP contribution in [0, 0.1) is 13.8 Å². The Bertz CT molecular complexity index is 349. The van der Waals surface area contributed by atoms with Crippen molar-refractivity contribution in [3.63, 3.8) is 0 Å². The van der Waals surface area contributed by atoms with Gasteiger partial charge < -0.3 is 5.32 Å². The van der Waals surface area contributed by atoms with Crippen LogP contribution in [-0.2, 0) is 17.3 Å². The van der Waals surface area contributed by atoms with Crippen molar-refractivity contribution in [2.75, 3.05) is 18.6 Å². The Morgan fingerprint density at radius 1 is 1.33 bits per heavy atom. The molecule has 84 valence electrons. The van der Waals surface area contributed by atoms with E-state index in [9.17, 15) is 4.21 Å². The molecule has 1 rings (SSSR count). The Kier molecular flexibility index (Phi) is 4.99. The summed E-state index contributed by atoms with van der Waals surface area (Å²) in [5.41, 5.74) is 3.93. The van der Waals surface area contributed by atoms with Crippen LogP contribution in [0.5, 0.6) is 0 Å². The van der Waals surface area contributed by atoms with E-state index in [1.165, 1.54) is 16.7 Å². The molecule has 1 atom stereocenters. The van der Waals surface area contributed by atoms with E-state index in [0.29, 0.717) is 0 Å². The van der Waals surface area contributed by atoms with Gasteiger partial charge in [0.25, 0.3) is 0 Å². The van der Waals surface area contributed by atoms with Crippen LogP contribution in [0.15, 0.2) is 18.2 Å². The summed E-state index contributed by atoms with van der Waals surface area (Å²) in [6.07, 6.45) is 1.74. The van der Waals surface area contributed by atoms with Gasteiger partial charge in [-0.1, -0.05) is 23.8 Å². The molecule has 0 radical (unpaired) electrons. The van der Waals surface area contributed by atoms with Crippen LogP contribution >= 0.6 is 0 Å². The lowest BCUT2D eigenvalue weighted by Crippen LogP contribution is -2.20. The molecule has 1 aromatic carbocycles. The highest BCUT2D eigenvalue weighted by atomic mass is 32.2. The second-order valence-corrected chi connectivity index (χ2v) is 5.44. The molecule has 0 fully saturated rings. The summed E-state index contributed by atoms with van der Waals surface area (Å²) >= 11 is 0. The van der Waals surface area contributed by atoms with Gasteiger partial charge in [-0.3, -0.25) is 4.21 Å². The lowest BCUT2D eigenvalue weighted by Gasteiger charge is -2.08. The first-order valence-corrected chi connectivity index (χ1v) is 6.89. The average Bonchev–Trinajstić information content (AvgIpc) is 2.17. The molecule has 15 heavy (non-hydrogen) atoms. The van der Waals surface area contributed by atoms with E-state index in [2.05, 4.69) is 37.4 Å². The van der Waals surface area contributed by atoms with E-state index in [0.717, 1.165) is 18.8 Å². The number of hydrogen-bond donors (Lipinski definition) is 1. The van der Waals surface area contributed by atoms with Gasteiger partial charge >= 0.3 is 0 Å². The van der Waals surface area contributed by atoms with Gasteiger partial charge in [-0.05, 0) is 25.0 Å². The Morgan fingerprint density at radius 3 is 2.73 bits per heavy atom. The molecule has 1 N–H and O–H groups in total. The average molecular weight is 225 g/mol. The van der Waals surface area contributed by atoms with Crippen molar-refractivity contribution < 1.29 is 4.21 Å². The highest BCUT2D eigenvalue weighted by Gasteiger charge is 1.98. The molecule has 0 saturated carbocycles. The number of aryl methyl sites for hydroxylation is 2. The summed E-state index contributed by atoms with van der Waals surface area (Å²) in [4.78, 5) is 0. The molecule has 1 unspecified atom stereocenters. The zero-order valence-electron chi connectivity index (χ0n) is 9.67. The van der Waals surface area contributed by atoms with Crippen molar-refractivity contribution in [3.8, 4) is 0 Å². The fourth-order valence-electron chi connectivity index (χ4n) is 1.43.